The average Bonchev–Trinajstić information content (AvgIpc) is 3.42. The second-order valence-corrected chi connectivity index (χ2v) is 21.1. The first-order chi connectivity index (χ1) is 17.7. The Hall–Kier alpha value is 0.243. The SMILES string of the molecule is CCC(C)P(C1=Cc2ccccc2[CH]1[Zr+2][CH]1C(P(CC(C)C)CC(C)C)=Cc2ccccc21)C(C)CC.[Cl-].[Cl-]. The van der Waals surface area contributed by atoms with Crippen LogP contribution in [0.25, 0.3) is 12.2 Å². The topological polar surface area (TPSA) is 0 Å². The van der Waals surface area contributed by atoms with Gasteiger partial charge in [-0.2, -0.15) is 0 Å². The van der Waals surface area contributed by atoms with Gasteiger partial charge in [-0.25, -0.2) is 0 Å². The number of hydrogen-bond acceptors (Lipinski definition) is 0. The molecule has 4 rings (SSSR count). The van der Waals surface area contributed by atoms with Crippen LogP contribution < -0.4 is 24.8 Å². The minimum Gasteiger partial charge on any atom is -1.00 e. The summed E-state index contributed by atoms with van der Waals surface area (Å²) >= 11 is -0.872. The minimum absolute atomic E-state index is 0. The molecule has 0 saturated carbocycles. The summed E-state index contributed by atoms with van der Waals surface area (Å²) in [7, 11) is -0.211. The van der Waals surface area contributed by atoms with Gasteiger partial charge < -0.3 is 24.8 Å². The first-order valence-corrected chi connectivity index (χ1v) is 20.7. The van der Waals surface area contributed by atoms with E-state index in [1.807, 2.05) is 10.6 Å². The summed E-state index contributed by atoms with van der Waals surface area (Å²) in [5.74, 6) is 1.54. The van der Waals surface area contributed by atoms with Gasteiger partial charge in [-0.05, 0) is 0 Å². The maximum absolute atomic E-state index is 2.68. The number of halogens is 2. The van der Waals surface area contributed by atoms with E-state index in [9.17, 15) is 0 Å². The quantitative estimate of drug-likeness (QED) is 0.273. The average molecular weight is 681 g/mol. The largest absolute Gasteiger partial charge is 1.00 e. The van der Waals surface area contributed by atoms with Gasteiger partial charge >= 0.3 is 244 Å². The smallest absolute Gasteiger partial charge is 1.00 e. The Morgan fingerprint density at radius 1 is 0.641 bits per heavy atom. The summed E-state index contributed by atoms with van der Waals surface area (Å²) in [6, 6.07) is 18.9. The van der Waals surface area contributed by atoms with Gasteiger partial charge in [-0.3, -0.25) is 0 Å². The standard InChI is InChI=1S/2C17H24P.2ClH.Zr/c1-13(2)11-18(12-14(3)4)17-9-15-7-5-6-8-16(15)10-17;1-5-13(3)18(14(4)6-2)17-11-15-9-7-8-10-16(15)12-17;;;/h5-10,13-14H,11-12H2,1-4H3;7-14H,5-6H2,1-4H3;2*1H;/q;;;;+2/p-2. The summed E-state index contributed by atoms with van der Waals surface area (Å²) in [6.45, 7) is 19.7. The van der Waals surface area contributed by atoms with Gasteiger partial charge in [0.2, 0.25) is 0 Å². The van der Waals surface area contributed by atoms with Gasteiger partial charge in [-0.15, -0.1) is 0 Å². The molecule has 0 heterocycles. The Bertz CT molecular complexity index is 1110. The van der Waals surface area contributed by atoms with Crippen LogP contribution >= 0.6 is 15.8 Å². The molecule has 0 bridgehead atoms. The fraction of sp³-hybridized carbons (Fsp3) is 0.529. The molecule has 4 atom stereocenters. The van der Waals surface area contributed by atoms with Crippen molar-refractivity contribution in [3.05, 3.63) is 81.4 Å². The second kappa shape index (κ2) is 16.2. The third kappa shape index (κ3) is 8.21. The van der Waals surface area contributed by atoms with Crippen molar-refractivity contribution in [3.63, 3.8) is 0 Å². The van der Waals surface area contributed by atoms with Crippen LogP contribution in [0.1, 0.15) is 97.7 Å². The van der Waals surface area contributed by atoms with E-state index in [2.05, 4.69) is 116 Å². The van der Waals surface area contributed by atoms with E-state index in [0.717, 1.165) is 30.4 Å². The predicted molar refractivity (Wildman–Crippen MR) is 167 cm³/mol. The Balaban J connectivity index is 0.00000267. The normalized spacial score (nSPS) is 19.9. The summed E-state index contributed by atoms with van der Waals surface area (Å²) in [4.78, 5) is 0. The van der Waals surface area contributed by atoms with Crippen LogP contribution in [-0.2, 0) is 23.2 Å². The van der Waals surface area contributed by atoms with Crippen molar-refractivity contribution in [1.82, 2.24) is 0 Å². The molecule has 2 aliphatic rings. The van der Waals surface area contributed by atoms with E-state index >= 15 is 0 Å². The molecule has 39 heavy (non-hydrogen) atoms. The molecule has 4 unspecified atom stereocenters. The fourth-order valence-corrected chi connectivity index (χ4v) is 20.3. The molecule has 212 valence electrons. The summed E-state index contributed by atoms with van der Waals surface area (Å²) < 4.78 is 1.46. The number of fused-ring (bicyclic) bond motifs is 2. The van der Waals surface area contributed by atoms with Crippen molar-refractivity contribution in [2.45, 2.75) is 86.8 Å². The molecule has 0 saturated heterocycles. The molecule has 0 N–H and O–H groups in total. The van der Waals surface area contributed by atoms with Gasteiger partial charge in [-0.1, -0.05) is 0 Å². The Morgan fingerprint density at radius 2 is 1.05 bits per heavy atom. The van der Waals surface area contributed by atoms with Gasteiger partial charge in [0.1, 0.15) is 0 Å². The van der Waals surface area contributed by atoms with Gasteiger partial charge in [0.15, 0.2) is 0 Å². The maximum atomic E-state index is 2.68. The molecule has 0 spiro atoms. The molecule has 2 aliphatic carbocycles. The molecule has 2 aromatic carbocycles. The Morgan fingerprint density at radius 3 is 1.49 bits per heavy atom. The van der Waals surface area contributed by atoms with E-state index in [-0.39, 0.29) is 40.7 Å². The van der Waals surface area contributed by atoms with Crippen LogP contribution in [0.5, 0.6) is 0 Å². The molecule has 5 heteroatoms. The first kappa shape index (κ1) is 35.4. The number of allylic oxidation sites excluding steroid dienone is 2. The van der Waals surface area contributed by atoms with Crippen molar-refractivity contribution in [2.75, 3.05) is 12.3 Å². The van der Waals surface area contributed by atoms with Crippen molar-refractivity contribution in [3.8, 4) is 0 Å². The molecule has 2 aromatic rings. The molecule has 0 fully saturated rings. The van der Waals surface area contributed by atoms with E-state index in [4.69, 9.17) is 0 Å². The first-order valence-electron chi connectivity index (χ1n) is 14.6. The number of hydrogen-bond donors (Lipinski definition) is 0. The molecule has 0 aromatic heterocycles. The molecule has 0 nitrogen and oxygen atoms in total. The zero-order chi connectivity index (χ0) is 26.7. The summed E-state index contributed by atoms with van der Waals surface area (Å²) in [6.07, 6.45) is 10.7. The van der Waals surface area contributed by atoms with Crippen LogP contribution in [0.2, 0.25) is 0 Å². The van der Waals surface area contributed by atoms with E-state index in [0.29, 0.717) is 0 Å². The van der Waals surface area contributed by atoms with Crippen molar-refractivity contribution >= 4 is 28.0 Å². The third-order valence-electron chi connectivity index (χ3n) is 8.11. The van der Waals surface area contributed by atoms with Crippen LogP contribution in [0.4, 0.5) is 0 Å². The fourth-order valence-electron chi connectivity index (χ4n) is 6.13. The minimum atomic E-state index is -0.872. The van der Waals surface area contributed by atoms with Crippen LogP contribution in [0, 0.1) is 11.8 Å². The molecular formula is C34H48Cl2P2Zr. The number of rotatable bonds is 12. The zero-order valence-electron chi connectivity index (χ0n) is 25.2. The summed E-state index contributed by atoms with van der Waals surface area (Å²) in [5.41, 5.74) is 8.01. The van der Waals surface area contributed by atoms with E-state index < -0.39 is 23.2 Å². The predicted octanol–water partition coefficient (Wildman–Crippen LogP) is 5.14. The maximum Gasteiger partial charge on any atom is -1.00 e. The zero-order valence-corrected chi connectivity index (χ0v) is 31.0. The van der Waals surface area contributed by atoms with Crippen LogP contribution in [0.15, 0.2) is 59.2 Å². The van der Waals surface area contributed by atoms with E-state index in [1.54, 1.807) is 11.1 Å². The molecule has 0 amide bonds. The van der Waals surface area contributed by atoms with Crippen molar-refractivity contribution in [1.29, 1.82) is 0 Å². The molecular weight excluding hydrogens is 632 g/mol. The third-order valence-corrected chi connectivity index (χ3v) is 21.1. The molecule has 0 aliphatic heterocycles. The van der Waals surface area contributed by atoms with Gasteiger partial charge in [0, 0.05) is 0 Å². The van der Waals surface area contributed by atoms with Crippen molar-refractivity contribution < 1.29 is 48.0 Å². The Labute approximate surface area is 266 Å². The van der Waals surface area contributed by atoms with Gasteiger partial charge in [0.05, 0.1) is 0 Å². The monoisotopic (exact) mass is 678 g/mol. The Kier molecular flexibility index (Phi) is 14.7. The van der Waals surface area contributed by atoms with Crippen LogP contribution in [0.3, 0.4) is 0 Å². The molecule has 0 radical (unpaired) electrons. The van der Waals surface area contributed by atoms with Crippen LogP contribution in [-0.4, -0.2) is 23.6 Å². The van der Waals surface area contributed by atoms with E-state index in [1.165, 1.54) is 36.3 Å². The summed E-state index contributed by atoms with van der Waals surface area (Å²) in [5, 5.41) is 3.73. The van der Waals surface area contributed by atoms with Gasteiger partial charge in [0.25, 0.3) is 0 Å². The second-order valence-electron chi connectivity index (χ2n) is 12.0. The number of benzene rings is 2. The van der Waals surface area contributed by atoms with Crippen molar-refractivity contribution in [2.24, 2.45) is 11.8 Å².